The second-order valence-corrected chi connectivity index (χ2v) is 9.42. The molecule has 182 valence electrons. The molecule has 2 N–H and O–H groups in total. The molecule has 34 heavy (non-hydrogen) atoms. The van der Waals surface area contributed by atoms with E-state index in [-0.39, 0.29) is 12.5 Å². The summed E-state index contributed by atoms with van der Waals surface area (Å²) >= 11 is 0. The lowest BCUT2D eigenvalue weighted by Crippen LogP contribution is -2.44. The third-order valence-corrected chi connectivity index (χ3v) is 3.97. The Balaban J connectivity index is 2.19. The standard InChI is InChI=1S/C25H31N3O6/c1-24(2,3)33-22(30)27-21(26)28(23(31)34-25(4,5)6)16-17-12-14-19(15-13-17)32-20(29)18-10-8-7-9-11-18/h7-15H,16H2,1-6H3,(H2,26,27,30). The minimum absolute atomic E-state index is 0.0417. The first-order chi connectivity index (χ1) is 15.7. The van der Waals surface area contributed by atoms with Gasteiger partial charge in [0.05, 0.1) is 12.1 Å². The number of ether oxygens (including phenoxy) is 3. The van der Waals surface area contributed by atoms with E-state index in [0.29, 0.717) is 16.9 Å². The fraction of sp³-hybridized carbons (Fsp3) is 0.360. The number of aliphatic imine (C=N–C) groups is 1. The van der Waals surface area contributed by atoms with Crippen LogP contribution in [0, 0.1) is 0 Å². The lowest BCUT2D eigenvalue weighted by atomic mass is 10.2. The Hall–Kier alpha value is -3.88. The minimum Gasteiger partial charge on any atom is -0.443 e. The monoisotopic (exact) mass is 469 g/mol. The summed E-state index contributed by atoms with van der Waals surface area (Å²) in [5.74, 6) is -0.530. The third-order valence-electron chi connectivity index (χ3n) is 3.97. The van der Waals surface area contributed by atoms with E-state index >= 15 is 0 Å². The molecule has 0 saturated carbocycles. The quantitative estimate of drug-likeness (QED) is 0.293. The van der Waals surface area contributed by atoms with E-state index in [1.165, 1.54) is 0 Å². The van der Waals surface area contributed by atoms with Gasteiger partial charge < -0.3 is 19.9 Å². The van der Waals surface area contributed by atoms with E-state index in [2.05, 4.69) is 4.99 Å². The Morgan fingerprint density at radius 2 is 1.41 bits per heavy atom. The maximum absolute atomic E-state index is 12.8. The summed E-state index contributed by atoms with van der Waals surface area (Å²) in [6, 6.07) is 15.1. The molecule has 2 aromatic carbocycles. The molecule has 0 unspecified atom stereocenters. The number of hydrogen-bond acceptors (Lipinski definition) is 6. The lowest BCUT2D eigenvalue weighted by Gasteiger charge is -2.27. The number of rotatable bonds is 4. The molecule has 0 heterocycles. The van der Waals surface area contributed by atoms with Gasteiger partial charge in [-0.15, -0.1) is 4.99 Å². The molecule has 0 bridgehead atoms. The lowest BCUT2D eigenvalue weighted by molar-refractivity contribution is 0.0356. The highest BCUT2D eigenvalue weighted by molar-refractivity contribution is 5.98. The number of nitrogens with two attached hydrogens (primary N) is 1. The molecule has 0 saturated heterocycles. The zero-order chi connectivity index (χ0) is 25.5. The van der Waals surface area contributed by atoms with Gasteiger partial charge in [0.1, 0.15) is 17.0 Å². The van der Waals surface area contributed by atoms with Gasteiger partial charge in [0.25, 0.3) is 0 Å². The first kappa shape index (κ1) is 26.4. The van der Waals surface area contributed by atoms with Crippen molar-refractivity contribution in [1.29, 1.82) is 0 Å². The Labute approximate surface area is 199 Å². The molecule has 9 nitrogen and oxygen atoms in total. The van der Waals surface area contributed by atoms with Crippen molar-refractivity contribution >= 4 is 24.1 Å². The molecule has 0 aromatic heterocycles. The molecule has 2 amide bonds. The number of nitrogens with zero attached hydrogens (tertiary/aromatic N) is 2. The Kier molecular flexibility index (Phi) is 8.40. The summed E-state index contributed by atoms with van der Waals surface area (Å²) in [7, 11) is 0. The largest absolute Gasteiger partial charge is 0.443 e. The molecular formula is C25H31N3O6. The van der Waals surface area contributed by atoms with Gasteiger partial charge in [-0.2, -0.15) is 0 Å². The molecule has 0 fully saturated rings. The fourth-order valence-electron chi connectivity index (χ4n) is 2.58. The molecule has 0 atom stereocenters. The molecule has 9 heteroatoms. The van der Waals surface area contributed by atoms with Crippen molar-refractivity contribution in [2.45, 2.75) is 59.3 Å². The topological polar surface area (TPSA) is 121 Å². The van der Waals surface area contributed by atoms with Crippen molar-refractivity contribution in [2.24, 2.45) is 10.7 Å². The van der Waals surface area contributed by atoms with Crippen LogP contribution in [-0.2, 0) is 16.0 Å². The predicted octanol–water partition coefficient (Wildman–Crippen LogP) is 4.89. The summed E-state index contributed by atoms with van der Waals surface area (Å²) in [5, 5.41) is 0. The number of carbonyl (C=O) groups is 3. The number of benzene rings is 2. The van der Waals surface area contributed by atoms with E-state index in [1.807, 2.05) is 0 Å². The van der Waals surface area contributed by atoms with Gasteiger partial charge in [0, 0.05) is 0 Å². The highest BCUT2D eigenvalue weighted by Crippen LogP contribution is 2.18. The van der Waals surface area contributed by atoms with Crippen LogP contribution >= 0.6 is 0 Å². The fourth-order valence-corrected chi connectivity index (χ4v) is 2.58. The molecule has 0 aliphatic heterocycles. The number of guanidine groups is 1. The molecule has 2 rings (SSSR count). The maximum atomic E-state index is 12.8. The van der Waals surface area contributed by atoms with Gasteiger partial charge in [-0.3, -0.25) is 0 Å². The third kappa shape index (κ3) is 8.93. The first-order valence-corrected chi connectivity index (χ1v) is 10.7. The van der Waals surface area contributed by atoms with Crippen molar-refractivity contribution < 1.29 is 28.6 Å². The van der Waals surface area contributed by atoms with E-state index < -0.39 is 29.4 Å². The van der Waals surface area contributed by atoms with Gasteiger partial charge >= 0.3 is 18.2 Å². The molecule has 2 aromatic rings. The normalized spacial score (nSPS) is 12.0. The zero-order valence-corrected chi connectivity index (χ0v) is 20.3. The Morgan fingerprint density at radius 3 is 1.94 bits per heavy atom. The van der Waals surface area contributed by atoms with Gasteiger partial charge in [-0.05, 0) is 71.4 Å². The highest BCUT2D eigenvalue weighted by atomic mass is 16.6. The minimum atomic E-state index is -0.929. The smallest absolute Gasteiger partial charge is 0.437 e. The molecule has 0 radical (unpaired) electrons. The summed E-state index contributed by atoms with van der Waals surface area (Å²) < 4.78 is 15.9. The van der Waals surface area contributed by atoms with E-state index in [0.717, 1.165) is 4.90 Å². The maximum Gasteiger partial charge on any atom is 0.437 e. The highest BCUT2D eigenvalue weighted by Gasteiger charge is 2.26. The molecule has 0 spiro atoms. The van der Waals surface area contributed by atoms with Crippen LogP contribution in [0.15, 0.2) is 59.6 Å². The number of esters is 1. The zero-order valence-electron chi connectivity index (χ0n) is 20.3. The van der Waals surface area contributed by atoms with Crippen molar-refractivity contribution in [2.75, 3.05) is 0 Å². The van der Waals surface area contributed by atoms with Gasteiger partial charge in [0.2, 0.25) is 5.96 Å². The van der Waals surface area contributed by atoms with Crippen LogP contribution in [0.1, 0.15) is 57.5 Å². The van der Waals surface area contributed by atoms with Gasteiger partial charge in [0.15, 0.2) is 0 Å². The van der Waals surface area contributed by atoms with E-state index in [4.69, 9.17) is 19.9 Å². The molecular weight excluding hydrogens is 438 g/mol. The predicted molar refractivity (Wildman–Crippen MR) is 127 cm³/mol. The number of amides is 2. The van der Waals surface area contributed by atoms with Crippen LogP contribution in [0.3, 0.4) is 0 Å². The average Bonchev–Trinajstić information content (AvgIpc) is 2.70. The van der Waals surface area contributed by atoms with Crippen molar-refractivity contribution in [3.63, 3.8) is 0 Å². The van der Waals surface area contributed by atoms with Crippen molar-refractivity contribution in [3.05, 3.63) is 65.7 Å². The van der Waals surface area contributed by atoms with Crippen LogP contribution in [0.2, 0.25) is 0 Å². The van der Waals surface area contributed by atoms with Crippen LogP contribution in [-0.4, -0.2) is 40.2 Å². The van der Waals surface area contributed by atoms with Crippen molar-refractivity contribution in [1.82, 2.24) is 4.90 Å². The van der Waals surface area contributed by atoms with Crippen LogP contribution < -0.4 is 10.5 Å². The Morgan fingerprint density at radius 1 is 0.853 bits per heavy atom. The van der Waals surface area contributed by atoms with Crippen LogP contribution in [0.4, 0.5) is 9.59 Å². The van der Waals surface area contributed by atoms with E-state index in [1.54, 1.807) is 96.1 Å². The van der Waals surface area contributed by atoms with Crippen LogP contribution in [0.25, 0.3) is 0 Å². The second kappa shape index (κ2) is 10.8. The first-order valence-electron chi connectivity index (χ1n) is 10.7. The molecule has 0 aliphatic carbocycles. The average molecular weight is 470 g/mol. The summed E-state index contributed by atoms with van der Waals surface area (Å²) in [6.07, 6.45) is -1.71. The Bertz CT molecular complexity index is 1040. The van der Waals surface area contributed by atoms with Crippen molar-refractivity contribution in [3.8, 4) is 5.75 Å². The van der Waals surface area contributed by atoms with Crippen LogP contribution in [0.5, 0.6) is 5.75 Å². The SMILES string of the molecule is CC(C)(C)OC(=O)/N=C(\N)N(Cc1ccc(OC(=O)c2ccccc2)cc1)C(=O)OC(C)(C)C. The molecule has 0 aliphatic rings. The van der Waals surface area contributed by atoms with E-state index in [9.17, 15) is 14.4 Å². The second-order valence-electron chi connectivity index (χ2n) is 9.42. The van der Waals surface area contributed by atoms with Gasteiger partial charge in [-0.25, -0.2) is 19.3 Å². The number of carbonyl (C=O) groups excluding carboxylic acids is 3. The summed E-state index contributed by atoms with van der Waals surface area (Å²) in [4.78, 5) is 41.8. The number of hydrogen-bond donors (Lipinski definition) is 1. The summed E-state index contributed by atoms with van der Waals surface area (Å²) in [5.41, 5.74) is 5.46. The van der Waals surface area contributed by atoms with Gasteiger partial charge in [-0.1, -0.05) is 30.3 Å². The summed E-state index contributed by atoms with van der Waals surface area (Å²) in [6.45, 7) is 10.2.